The summed E-state index contributed by atoms with van der Waals surface area (Å²) in [5.74, 6) is 2.52. The third-order valence-corrected chi connectivity index (χ3v) is 5.01. The molecule has 21 heavy (non-hydrogen) atoms. The standard InChI is InChI=1S/C18H28BrNO/c1-5-20-14(4)15-6-7-18(17(19)11-15)21-16-9-12(2)8-13(3)10-16/h6-7,11-14,16,20H,5,8-10H2,1-4H3. The molecule has 1 N–H and O–H groups in total. The fourth-order valence-electron chi connectivity index (χ4n) is 3.45. The van der Waals surface area contributed by atoms with E-state index in [1.165, 1.54) is 24.8 Å². The van der Waals surface area contributed by atoms with Gasteiger partial charge in [0.05, 0.1) is 10.6 Å². The van der Waals surface area contributed by atoms with E-state index in [1.807, 2.05) is 0 Å². The van der Waals surface area contributed by atoms with Crippen molar-refractivity contribution in [1.82, 2.24) is 5.32 Å². The fourth-order valence-corrected chi connectivity index (χ4v) is 3.94. The maximum Gasteiger partial charge on any atom is 0.133 e. The molecule has 0 radical (unpaired) electrons. The summed E-state index contributed by atoms with van der Waals surface area (Å²) in [7, 11) is 0. The van der Waals surface area contributed by atoms with Crippen LogP contribution in [0.3, 0.4) is 0 Å². The molecule has 0 amide bonds. The molecule has 1 aliphatic rings. The second-order valence-electron chi connectivity index (χ2n) is 6.63. The second-order valence-corrected chi connectivity index (χ2v) is 7.48. The molecule has 0 aliphatic heterocycles. The quantitative estimate of drug-likeness (QED) is 0.772. The molecule has 1 fully saturated rings. The smallest absolute Gasteiger partial charge is 0.133 e. The van der Waals surface area contributed by atoms with E-state index in [4.69, 9.17) is 4.74 Å². The van der Waals surface area contributed by atoms with E-state index in [-0.39, 0.29) is 0 Å². The van der Waals surface area contributed by atoms with Gasteiger partial charge in [0.1, 0.15) is 5.75 Å². The monoisotopic (exact) mass is 353 g/mol. The van der Waals surface area contributed by atoms with Gasteiger partial charge in [0.2, 0.25) is 0 Å². The van der Waals surface area contributed by atoms with Crippen molar-refractivity contribution in [1.29, 1.82) is 0 Å². The first-order valence-electron chi connectivity index (χ1n) is 8.19. The molecule has 3 atom stereocenters. The van der Waals surface area contributed by atoms with Crippen LogP contribution in [0.1, 0.15) is 58.6 Å². The van der Waals surface area contributed by atoms with E-state index in [1.54, 1.807) is 0 Å². The Hall–Kier alpha value is -0.540. The first-order valence-corrected chi connectivity index (χ1v) is 8.98. The zero-order chi connectivity index (χ0) is 15.4. The molecule has 1 aromatic rings. The molecular formula is C18H28BrNO. The minimum atomic E-state index is 0.358. The van der Waals surface area contributed by atoms with Crippen LogP contribution in [0.2, 0.25) is 0 Å². The van der Waals surface area contributed by atoms with Crippen molar-refractivity contribution in [3.05, 3.63) is 28.2 Å². The van der Waals surface area contributed by atoms with Crippen LogP contribution in [0.15, 0.2) is 22.7 Å². The number of hydrogen-bond acceptors (Lipinski definition) is 2. The van der Waals surface area contributed by atoms with E-state index >= 15 is 0 Å². The third kappa shape index (κ3) is 4.72. The Morgan fingerprint density at radius 2 is 1.90 bits per heavy atom. The number of hydrogen-bond donors (Lipinski definition) is 1. The van der Waals surface area contributed by atoms with E-state index in [9.17, 15) is 0 Å². The molecular weight excluding hydrogens is 326 g/mol. The molecule has 0 aromatic heterocycles. The molecule has 3 heteroatoms. The molecule has 1 aromatic carbocycles. The predicted molar refractivity (Wildman–Crippen MR) is 92.8 cm³/mol. The highest BCUT2D eigenvalue weighted by atomic mass is 79.9. The Labute approximate surface area is 137 Å². The highest BCUT2D eigenvalue weighted by molar-refractivity contribution is 9.10. The zero-order valence-corrected chi connectivity index (χ0v) is 15.2. The average Bonchev–Trinajstić information content (AvgIpc) is 2.40. The van der Waals surface area contributed by atoms with Gasteiger partial charge < -0.3 is 10.1 Å². The maximum atomic E-state index is 6.25. The Balaban J connectivity index is 2.03. The molecule has 2 nitrogen and oxygen atoms in total. The predicted octanol–water partition coefficient (Wildman–Crippen LogP) is 5.32. The summed E-state index contributed by atoms with van der Waals surface area (Å²) >= 11 is 3.67. The van der Waals surface area contributed by atoms with Gasteiger partial charge in [0.25, 0.3) is 0 Å². The highest BCUT2D eigenvalue weighted by Gasteiger charge is 2.25. The normalized spacial score (nSPS) is 27.4. The first-order chi connectivity index (χ1) is 9.99. The summed E-state index contributed by atoms with van der Waals surface area (Å²) in [6, 6.07) is 6.83. The van der Waals surface area contributed by atoms with Crippen molar-refractivity contribution in [2.24, 2.45) is 11.8 Å². The van der Waals surface area contributed by atoms with Crippen LogP contribution in [-0.2, 0) is 0 Å². The Kier molecular flexibility index (Phi) is 6.12. The van der Waals surface area contributed by atoms with Gasteiger partial charge >= 0.3 is 0 Å². The summed E-state index contributed by atoms with van der Waals surface area (Å²) in [4.78, 5) is 0. The highest BCUT2D eigenvalue weighted by Crippen LogP contribution is 2.34. The molecule has 1 aliphatic carbocycles. The minimum absolute atomic E-state index is 0.358. The van der Waals surface area contributed by atoms with Crippen molar-refractivity contribution in [2.75, 3.05) is 6.54 Å². The topological polar surface area (TPSA) is 21.3 Å². The molecule has 3 unspecified atom stereocenters. The lowest BCUT2D eigenvalue weighted by Gasteiger charge is -2.32. The van der Waals surface area contributed by atoms with Crippen molar-refractivity contribution in [2.45, 2.75) is 59.1 Å². The van der Waals surface area contributed by atoms with Gasteiger partial charge in [-0.25, -0.2) is 0 Å². The van der Waals surface area contributed by atoms with Crippen LogP contribution in [0.25, 0.3) is 0 Å². The Bertz CT molecular complexity index is 453. The number of benzene rings is 1. The van der Waals surface area contributed by atoms with Crippen molar-refractivity contribution < 1.29 is 4.74 Å². The van der Waals surface area contributed by atoms with Gasteiger partial charge in [-0.15, -0.1) is 0 Å². The summed E-state index contributed by atoms with van der Waals surface area (Å²) in [6.45, 7) is 9.98. The second kappa shape index (κ2) is 7.64. The zero-order valence-electron chi connectivity index (χ0n) is 13.7. The fraction of sp³-hybridized carbons (Fsp3) is 0.667. The lowest BCUT2D eigenvalue weighted by atomic mass is 9.82. The largest absolute Gasteiger partial charge is 0.489 e. The summed E-state index contributed by atoms with van der Waals surface area (Å²) in [6.07, 6.45) is 4.04. The van der Waals surface area contributed by atoms with Crippen molar-refractivity contribution in [3.8, 4) is 5.75 Å². The minimum Gasteiger partial charge on any atom is -0.489 e. The Morgan fingerprint density at radius 1 is 1.24 bits per heavy atom. The number of rotatable bonds is 5. The molecule has 2 rings (SSSR count). The van der Waals surface area contributed by atoms with Gasteiger partial charge in [-0.2, -0.15) is 0 Å². The number of nitrogens with one attached hydrogen (secondary N) is 1. The third-order valence-electron chi connectivity index (χ3n) is 4.40. The molecule has 0 saturated heterocycles. The summed E-state index contributed by atoms with van der Waals surface area (Å²) < 4.78 is 7.32. The Morgan fingerprint density at radius 3 is 2.48 bits per heavy atom. The average molecular weight is 354 g/mol. The lowest BCUT2D eigenvalue weighted by Crippen LogP contribution is -2.28. The number of ether oxygens (including phenoxy) is 1. The van der Waals surface area contributed by atoms with E-state index in [0.717, 1.165) is 28.6 Å². The van der Waals surface area contributed by atoms with Gasteiger partial charge in [0, 0.05) is 6.04 Å². The molecule has 118 valence electrons. The van der Waals surface area contributed by atoms with Crippen molar-refractivity contribution in [3.63, 3.8) is 0 Å². The van der Waals surface area contributed by atoms with Crippen LogP contribution >= 0.6 is 15.9 Å². The summed E-state index contributed by atoms with van der Waals surface area (Å²) in [5.41, 5.74) is 1.29. The molecule has 0 heterocycles. The summed E-state index contributed by atoms with van der Waals surface area (Å²) in [5, 5.41) is 3.44. The SMILES string of the molecule is CCNC(C)c1ccc(OC2CC(C)CC(C)C2)c(Br)c1. The van der Waals surface area contributed by atoms with E-state index in [2.05, 4.69) is 67.1 Å². The van der Waals surface area contributed by atoms with Gasteiger partial charge in [-0.05, 0) is 78.2 Å². The van der Waals surface area contributed by atoms with Crippen LogP contribution in [0, 0.1) is 11.8 Å². The van der Waals surface area contributed by atoms with Crippen LogP contribution in [0.5, 0.6) is 5.75 Å². The van der Waals surface area contributed by atoms with Gasteiger partial charge in [-0.1, -0.05) is 26.8 Å². The molecule has 0 bridgehead atoms. The lowest BCUT2D eigenvalue weighted by molar-refractivity contribution is 0.100. The van der Waals surface area contributed by atoms with Gasteiger partial charge in [0.15, 0.2) is 0 Å². The van der Waals surface area contributed by atoms with E-state index < -0.39 is 0 Å². The number of halogens is 1. The van der Waals surface area contributed by atoms with Crippen LogP contribution < -0.4 is 10.1 Å². The first kappa shape index (κ1) is 16.8. The van der Waals surface area contributed by atoms with Crippen LogP contribution in [0.4, 0.5) is 0 Å². The van der Waals surface area contributed by atoms with E-state index in [0.29, 0.717) is 12.1 Å². The maximum absolute atomic E-state index is 6.25. The molecule has 0 spiro atoms. The van der Waals surface area contributed by atoms with Crippen LogP contribution in [-0.4, -0.2) is 12.6 Å². The van der Waals surface area contributed by atoms with Gasteiger partial charge in [-0.3, -0.25) is 0 Å². The molecule has 1 saturated carbocycles. The van der Waals surface area contributed by atoms with Crippen molar-refractivity contribution >= 4 is 15.9 Å².